The molecule has 27 heavy (non-hydrogen) atoms. The summed E-state index contributed by atoms with van der Waals surface area (Å²) in [6.45, 7) is 7.63. The van der Waals surface area contributed by atoms with Crippen LogP contribution in [0.15, 0.2) is 34.7 Å². The van der Waals surface area contributed by atoms with Crippen LogP contribution < -0.4 is 4.57 Å². The van der Waals surface area contributed by atoms with Crippen LogP contribution in [0.5, 0.6) is 0 Å². The van der Waals surface area contributed by atoms with Crippen molar-refractivity contribution >= 4 is 21.5 Å². The zero-order valence-corrected chi connectivity index (χ0v) is 18.1. The molecule has 2 aromatic rings. The lowest BCUT2D eigenvalue weighted by Crippen LogP contribution is -2.34. The lowest BCUT2D eigenvalue weighted by molar-refractivity contribution is -0.698. The van der Waals surface area contributed by atoms with Crippen molar-refractivity contribution in [2.45, 2.75) is 70.7 Å². The van der Waals surface area contributed by atoms with Gasteiger partial charge in [-0.05, 0) is 25.5 Å². The summed E-state index contributed by atoms with van der Waals surface area (Å²) in [5, 5.41) is 8.92. The average molecular weight is 414 g/mol. The molecule has 0 saturated heterocycles. The summed E-state index contributed by atoms with van der Waals surface area (Å²) >= 11 is 1.77. The molecule has 5 nitrogen and oxygen atoms in total. The molecule has 1 aromatic carbocycles. The Hall–Kier alpha value is -1.28. The number of aliphatic hydroxyl groups is 1. The molecule has 0 spiro atoms. The number of rotatable bonds is 9. The zero-order valence-electron chi connectivity index (χ0n) is 16.5. The standard InChI is InChI=1S/C13H24NOS.C7H8O3S/c1-3-4-5-6-7-9-14-11-16-13(8-10-15)12(14)2;1-6-2-4-7(5-3-6)11(8,9)10/h11,15H,3-10H2,1-2H3;2-5H,1H3,(H,8,9,10)/q+1;/p-1. The fourth-order valence-electron chi connectivity index (χ4n) is 2.60. The molecule has 1 aromatic heterocycles. The molecule has 0 fully saturated rings. The van der Waals surface area contributed by atoms with Crippen LogP contribution in [0.2, 0.25) is 0 Å². The number of aromatic nitrogens is 1. The number of hydrogen-bond donors (Lipinski definition) is 1. The Kier molecular flexibility index (Phi) is 10.8. The fourth-order valence-corrected chi connectivity index (χ4v) is 4.09. The number of aliphatic hydroxyl groups excluding tert-OH is 1. The summed E-state index contributed by atoms with van der Waals surface area (Å²) in [7, 11) is -4.27. The van der Waals surface area contributed by atoms with E-state index in [2.05, 4.69) is 23.9 Å². The van der Waals surface area contributed by atoms with Crippen LogP contribution in [-0.2, 0) is 23.1 Å². The van der Waals surface area contributed by atoms with Gasteiger partial charge in [-0.25, -0.2) is 8.42 Å². The van der Waals surface area contributed by atoms with Crippen LogP contribution in [0, 0.1) is 13.8 Å². The molecule has 0 aliphatic heterocycles. The quantitative estimate of drug-likeness (QED) is 0.386. The number of nitrogens with zero attached hydrogens (tertiary/aromatic N) is 1. The third kappa shape index (κ3) is 8.97. The predicted molar refractivity (Wildman–Crippen MR) is 108 cm³/mol. The highest BCUT2D eigenvalue weighted by molar-refractivity contribution is 7.85. The molecule has 0 atom stereocenters. The van der Waals surface area contributed by atoms with E-state index in [0.717, 1.165) is 18.5 Å². The summed E-state index contributed by atoms with van der Waals surface area (Å²) < 4.78 is 33.5. The summed E-state index contributed by atoms with van der Waals surface area (Å²) in [5.41, 5.74) is 4.46. The van der Waals surface area contributed by atoms with Gasteiger partial charge in [-0.1, -0.05) is 55.2 Å². The van der Waals surface area contributed by atoms with Gasteiger partial charge in [-0.15, -0.1) is 0 Å². The Balaban J connectivity index is 0.000000289. The SMILES string of the molecule is CCCCCCC[n+]1csc(CCO)c1C.Cc1ccc(S(=O)(=O)[O-])cc1. The minimum absolute atomic E-state index is 0.178. The summed E-state index contributed by atoms with van der Waals surface area (Å²) in [6.07, 6.45) is 7.46. The number of benzene rings is 1. The van der Waals surface area contributed by atoms with Gasteiger partial charge in [0.15, 0.2) is 5.69 Å². The number of thiazole rings is 1. The smallest absolute Gasteiger partial charge is 0.225 e. The Labute approximate surface area is 167 Å². The Morgan fingerprint density at radius 1 is 1.07 bits per heavy atom. The third-order valence-corrected chi connectivity index (χ3v) is 6.30. The van der Waals surface area contributed by atoms with Gasteiger partial charge in [0.1, 0.15) is 16.7 Å². The van der Waals surface area contributed by atoms with E-state index >= 15 is 0 Å². The first-order chi connectivity index (χ1) is 12.8. The number of aryl methyl sites for hydroxylation is 2. The molecule has 1 heterocycles. The molecular weight excluding hydrogens is 382 g/mol. The number of hydrogen-bond acceptors (Lipinski definition) is 5. The highest BCUT2D eigenvalue weighted by atomic mass is 32.2. The number of unbranched alkanes of at least 4 members (excludes halogenated alkanes) is 4. The lowest BCUT2D eigenvalue weighted by Gasteiger charge is -2.05. The second kappa shape index (κ2) is 12.2. The van der Waals surface area contributed by atoms with E-state index in [0.29, 0.717) is 0 Å². The first-order valence-electron chi connectivity index (χ1n) is 9.39. The second-order valence-electron chi connectivity index (χ2n) is 6.58. The van der Waals surface area contributed by atoms with Gasteiger partial charge < -0.3 is 9.66 Å². The minimum atomic E-state index is -4.27. The van der Waals surface area contributed by atoms with Crippen LogP contribution in [0.4, 0.5) is 0 Å². The van der Waals surface area contributed by atoms with Crippen LogP contribution in [0.3, 0.4) is 0 Å². The fraction of sp³-hybridized carbons (Fsp3) is 0.550. The van der Waals surface area contributed by atoms with Crippen LogP contribution in [-0.4, -0.2) is 24.7 Å². The van der Waals surface area contributed by atoms with Gasteiger partial charge in [0.2, 0.25) is 5.51 Å². The van der Waals surface area contributed by atoms with E-state index in [9.17, 15) is 13.0 Å². The van der Waals surface area contributed by atoms with E-state index in [4.69, 9.17) is 5.11 Å². The van der Waals surface area contributed by atoms with Crippen molar-refractivity contribution in [1.82, 2.24) is 0 Å². The third-order valence-electron chi connectivity index (χ3n) is 4.31. The van der Waals surface area contributed by atoms with Gasteiger partial charge in [-0.3, -0.25) is 0 Å². The maximum Gasteiger partial charge on any atom is 0.225 e. The topological polar surface area (TPSA) is 81.3 Å². The maximum absolute atomic E-state index is 10.4. The van der Waals surface area contributed by atoms with Gasteiger partial charge >= 0.3 is 0 Å². The van der Waals surface area contributed by atoms with Crippen molar-refractivity contribution in [1.29, 1.82) is 0 Å². The molecule has 152 valence electrons. The van der Waals surface area contributed by atoms with E-state index in [1.165, 1.54) is 54.8 Å². The minimum Gasteiger partial charge on any atom is -0.744 e. The van der Waals surface area contributed by atoms with Gasteiger partial charge in [0.25, 0.3) is 0 Å². The van der Waals surface area contributed by atoms with Crippen molar-refractivity contribution < 1.29 is 22.6 Å². The first-order valence-corrected chi connectivity index (χ1v) is 11.7. The molecule has 0 radical (unpaired) electrons. The summed E-state index contributed by atoms with van der Waals surface area (Å²) in [5.74, 6) is 0. The van der Waals surface area contributed by atoms with Gasteiger partial charge in [-0.2, -0.15) is 4.57 Å². The van der Waals surface area contributed by atoms with Crippen LogP contribution >= 0.6 is 11.3 Å². The first kappa shape index (κ1) is 23.8. The van der Waals surface area contributed by atoms with Crippen LogP contribution in [0.25, 0.3) is 0 Å². The molecule has 0 aliphatic carbocycles. The van der Waals surface area contributed by atoms with Crippen molar-refractivity contribution in [2.24, 2.45) is 0 Å². The van der Waals surface area contributed by atoms with E-state index in [1.807, 2.05) is 6.92 Å². The molecular formula is C20H31NO4S2. The largest absolute Gasteiger partial charge is 0.744 e. The normalized spacial score (nSPS) is 11.1. The highest BCUT2D eigenvalue weighted by Crippen LogP contribution is 2.12. The van der Waals surface area contributed by atoms with Crippen molar-refractivity contribution in [3.8, 4) is 0 Å². The van der Waals surface area contributed by atoms with E-state index in [-0.39, 0.29) is 11.5 Å². The monoisotopic (exact) mass is 413 g/mol. The van der Waals surface area contributed by atoms with Crippen molar-refractivity contribution in [3.63, 3.8) is 0 Å². The van der Waals surface area contributed by atoms with Gasteiger partial charge in [0, 0.05) is 26.4 Å². The molecule has 2 rings (SSSR count). The lowest BCUT2D eigenvalue weighted by atomic mass is 10.1. The van der Waals surface area contributed by atoms with E-state index in [1.54, 1.807) is 23.5 Å². The maximum atomic E-state index is 10.4. The summed E-state index contributed by atoms with van der Waals surface area (Å²) in [6, 6.07) is 5.78. The van der Waals surface area contributed by atoms with E-state index < -0.39 is 10.1 Å². The molecule has 0 saturated carbocycles. The van der Waals surface area contributed by atoms with Gasteiger partial charge in [0.05, 0.1) is 9.77 Å². The molecule has 7 heteroatoms. The Bertz CT molecular complexity index is 768. The van der Waals surface area contributed by atoms with Crippen molar-refractivity contribution in [3.05, 3.63) is 45.9 Å². The van der Waals surface area contributed by atoms with Crippen LogP contribution in [0.1, 0.15) is 55.2 Å². The predicted octanol–water partition coefficient (Wildman–Crippen LogP) is 3.75. The molecule has 0 bridgehead atoms. The molecule has 1 N–H and O–H groups in total. The van der Waals surface area contributed by atoms with Crippen molar-refractivity contribution in [2.75, 3.05) is 6.61 Å². The molecule has 0 unspecified atom stereocenters. The molecule has 0 aliphatic rings. The zero-order chi connectivity index (χ0) is 20.3. The molecule has 0 amide bonds. The average Bonchev–Trinajstić information content (AvgIpc) is 2.96. The second-order valence-corrected chi connectivity index (χ2v) is 8.90. The highest BCUT2D eigenvalue weighted by Gasteiger charge is 2.13. The Morgan fingerprint density at radius 2 is 1.70 bits per heavy atom. The summed E-state index contributed by atoms with van der Waals surface area (Å²) in [4.78, 5) is 1.15. The Morgan fingerprint density at radius 3 is 2.26 bits per heavy atom.